The lowest BCUT2D eigenvalue weighted by Gasteiger charge is -2.45. The molecule has 0 aliphatic heterocycles. The van der Waals surface area contributed by atoms with Gasteiger partial charge in [-0.2, -0.15) is 0 Å². The first-order chi connectivity index (χ1) is 14.7. The van der Waals surface area contributed by atoms with Gasteiger partial charge in [-0.05, 0) is 126 Å². The lowest BCUT2D eigenvalue weighted by atomic mass is 9.61. The zero-order valence-corrected chi connectivity index (χ0v) is 20.2. The summed E-state index contributed by atoms with van der Waals surface area (Å²) in [5.74, 6) is 3.95. The fraction of sp³-hybridized carbons (Fsp3) is 1.00. The second kappa shape index (κ2) is 13.4. The minimum absolute atomic E-state index is 0.577. The van der Waals surface area contributed by atoms with E-state index in [1.54, 1.807) is 0 Å². The smallest absolute Gasteiger partial charge is 0.000536 e. The number of hydrogen-bond acceptors (Lipinski definition) is 4. The van der Waals surface area contributed by atoms with Crippen LogP contribution in [0.25, 0.3) is 0 Å². The Labute approximate surface area is 187 Å². The Morgan fingerprint density at radius 2 is 1.23 bits per heavy atom. The number of nitrogens with one attached hydrogen (secondary N) is 4. The van der Waals surface area contributed by atoms with Crippen LogP contribution in [0, 0.1) is 29.1 Å². The van der Waals surface area contributed by atoms with Gasteiger partial charge in [0.15, 0.2) is 0 Å². The summed E-state index contributed by atoms with van der Waals surface area (Å²) in [6.45, 7) is 14.3. The van der Waals surface area contributed by atoms with Gasteiger partial charge in [0.1, 0.15) is 0 Å². The molecule has 0 heterocycles. The molecule has 4 nitrogen and oxygen atoms in total. The van der Waals surface area contributed by atoms with E-state index in [1.165, 1.54) is 116 Å². The Balaban J connectivity index is 1.08. The standard InChI is InChI=1S/C26H52N4/c1-3-27-11-4-5-12-28-19-24-16-25(24)20-29-13-6-7-14-30-21-26(2)17-22-9-8-10-23(15-22)18-26/h22-25,27-30H,3-21H2,1-2H3. The molecule has 3 fully saturated rings. The van der Waals surface area contributed by atoms with Gasteiger partial charge in [-0.15, -0.1) is 0 Å². The monoisotopic (exact) mass is 420 g/mol. The van der Waals surface area contributed by atoms with Gasteiger partial charge < -0.3 is 21.3 Å². The topological polar surface area (TPSA) is 48.1 Å². The molecular weight excluding hydrogens is 368 g/mol. The van der Waals surface area contributed by atoms with E-state index in [2.05, 4.69) is 35.1 Å². The second-order valence-corrected chi connectivity index (χ2v) is 11.2. The average Bonchev–Trinajstić information content (AvgIpc) is 3.47. The Bertz CT molecular complexity index is 442. The van der Waals surface area contributed by atoms with Crippen LogP contribution < -0.4 is 21.3 Å². The Kier molecular flexibility index (Phi) is 10.9. The lowest BCUT2D eigenvalue weighted by molar-refractivity contribution is 0.0684. The molecule has 0 saturated heterocycles. The Hall–Kier alpha value is -0.160. The fourth-order valence-corrected chi connectivity index (χ4v) is 6.35. The first-order valence-electron chi connectivity index (χ1n) is 13.5. The summed E-state index contributed by atoms with van der Waals surface area (Å²) in [4.78, 5) is 0. The van der Waals surface area contributed by atoms with Crippen LogP contribution in [0.1, 0.15) is 84.5 Å². The molecule has 4 N–H and O–H groups in total. The largest absolute Gasteiger partial charge is 0.317 e. The molecule has 176 valence electrons. The third-order valence-electron chi connectivity index (χ3n) is 8.05. The van der Waals surface area contributed by atoms with Gasteiger partial charge in [-0.3, -0.25) is 0 Å². The third kappa shape index (κ3) is 9.14. The van der Waals surface area contributed by atoms with Gasteiger partial charge >= 0.3 is 0 Å². The van der Waals surface area contributed by atoms with Gasteiger partial charge in [0.25, 0.3) is 0 Å². The predicted molar refractivity (Wildman–Crippen MR) is 130 cm³/mol. The van der Waals surface area contributed by atoms with Crippen molar-refractivity contribution < 1.29 is 0 Å². The molecule has 0 aromatic carbocycles. The van der Waals surface area contributed by atoms with Crippen molar-refractivity contribution in [3.05, 3.63) is 0 Å². The maximum absolute atomic E-state index is 3.81. The second-order valence-electron chi connectivity index (χ2n) is 11.2. The molecule has 4 atom stereocenters. The van der Waals surface area contributed by atoms with Crippen molar-refractivity contribution in [1.82, 2.24) is 21.3 Å². The summed E-state index contributed by atoms with van der Waals surface area (Å²) < 4.78 is 0. The third-order valence-corrected chi connectivity index (χ3v) is 8.05. The normalized spacial score (nSPS) is 33.0. The van der Waals surface area contributed by atoms with E-state index >= 15 is 0 Å². The zero-order valence-electron chi connectivity index (χ0n) is 20.2. The molecule has 2 bridgehead atoms. The summed E-state index contributed by atoms with van der Waals surface area (Å²) in [5.41, 5.74) is 0.577. The van der Waals surface area contributed by atoms with E-state index in [0.29, 0.717) is 5.41 Å². The summed E-state index contributed by atoms with van der Waals surface area (Å²) in [6, 6.07) is 0. The molecule has 0 aromatic rings. The van der Waals surface area contributed by atoms with Gasteiger partial charge in [0, 0.05) is 6.54 Å². The van der Waals surface area contributed by atoms with Crippen LogP contribution >= 0.6 is 0 Å². The van der Waals surface area contributed by atoms with Crippen LogP contribution in [-0.2, 0) is 0 Å². The van der Waals surface area contributed by atoms with Crippen LogP contribution in [0.2, 0.25) is 0 Å². The van der Waals surface area contributed by atoms with Crippen molar-refractivity contribution in [3.8, 4) is 0 Å². The van der Waals surface area contributed by atoms with Crippen molar-refractivity contribution in [3.63, 3.8) is 0 Å². The summed E-state index contributed by atoms with van der Waals surface area (Å²) in [7, 11) is 0. The minimum Gasteiger partial charge on any atom is -0.317 e. The van der Waals surface area contributed by atoms with E-state index < -0.39 is 0 Å². The first-order valence-corrected chi connectivity index (χ1v) is 13.5. The van der Waals surface area contributed by atoms with Crippen LogP contribution in [0.5, 0.6) is 0 Å². The molecule has 0 amide bonds. The van der Waals surface area contributed by atoms with E-state index in [1.807, 2.05) is 0 Å². The summed E-state index contributed by atoms with van der Waals surface area (Å²) >= 11 is 0. The first kappa shape index (κ1) is 24.5. The van der Waals surface area contributed by atoms with E-state index in [4.69, 9.17) is 0 Å². The van der Waals surface area contributed by atoms with Crippen LogP contribution in [-0.4, -0.2) is 52.4 Å². The molecule has 30 heavy (non-hydrogen) atoms. The van der Waals surface area contributed by atoms with Crippen LogP contribution in [0.4, 0.5) is 0 Å². The maximum atomic E-state index is 3.81. The molecule has 0 spiro atoms. The molecule has 3 saturated carbocycles. The Morgan fingerprint density at radius 1 is 0.700 bits per heavy atom. The number of fused-ring (bicyclic) bond motifs is 2. The molecule has 3 aliphatic carbocycles. The summed E-state index contributed by atoms with van der Waals surface area (Å²) in [6.07, 6.45) is 15.7. The van der Waals surface area contributed by atoms with Crippen molar-refractivity contribution in [2.24, 2.45) is 29.1 Å². The molecule has 0 aromatic heterocycles. The average molecular weight is 421 g/mol. The zero-order chi connectivity index (χ0) is 21.1. The highest BCUT2D eigenvalue weighted by Gasteiger charge is 2.38. The maximum Gasteiger partial charge on any atom is 0.000536 e. The molecule has 3 aliphatic rings. The SMILES string of the molecule is CCNCCCCNCC1CC1CNCCCCNCC1(C)CC2CCCC(C2)C1. The van der Waals surface area contributed by atoms with Crippen molar-refractivity contribution >= 4 is 0 Å². The fourth-order valence-electron chi connectivity index (χ4n) is 6.35. The van der Waals surface area contributed by atoms with Gasteiger partial charge in [0.2, 0.25) is 0 Å². The number of hydrogen-bond donors (Lipinski definition) is 4. The van der Waals surface area contributed by atoms with E-state index in [0.717, 1.165) is 30.2 Å². The van der Waals surface area contributed by atoms with Crippen LogP contribution in [0.15, 0.2) is 0 Å². The highest BCUT2D eigenvalue weighted by molar-refractivity contribution is 4.91. The number of unbranched alkanes of at least 4 members (excludes halogenated alkanes) is 2. The van der Waals surface area contributed by atoms with Gasteiger partial charge in [-0.25, -0.2) is 0 Å². The van der Waals surface area contributed by atoms with E-state index in [-0.39, 0.29) is 0 Å². The van der Waals surface area contributed by atoms with Crippen molar-refractivity contribution in [2.75, 3.05) is 52.4 Å². The van der Waals surface area contributed by atoms with Crippen molar-refractivity contribution in [2.45, 2.75) is 84.5 Å². The summed E-state index contributed by atoms with van der Waals surface area (Å²) in [5, 5.41) is 14.6. The molecule has 4 unspecified atom stereocenters. The lowest BCUT2D eigenvalue weighted by Crippen LogP contribution is -2.41. The quantitative estimate of drug-likeness (QED) is 0.267. The van der Waals surface area contributed by atoms with Crippen LogP contribution in [0.3, 0.4) is 0 Å². The highest BCUT2D eigenvalue weighted by atomic mass is 14.9. The predicted octanol–water partition coefficient (Wildman–Crippen LogP) is 4.17. The number of rotatable bonds is 17. The Morgan fingerprint density at radius 3 is 1.80 bits per heavy atom. The molecular formula is C26H52N4. The van der Waals surface area contributed by atoms with Gasteiger partial charge in [0.05, 0.1) is 0 Å². The molecule has 0 radical (unpaired) electrons. The highest BCUT2D eigenvalue weighted by Crippen LogP contribution is 2.48. The minimum atomic E-state index is 0.577. The molecule has 3 rings (SSSR count). The van der Waals surface area contributed by atoms with Crippen molar-refractivity contribution in [1.29, 1.82) is 0 Å². The van der Waals surface area contributed by atoms with Gasteiger partial charge in [-0.1, -0.05) is 33.1 Å². The van der Waals surface area contributed by atoms with E-state index in [9.17, 15) is 0 Å². The molecule has 4 heteroatoms.